The third-order valence-corrected chi connectivity index (χ3v) is 3.35. The molecule has 1 aliphatic carbocycles. The van der Waals surface area contributed by atoms with Gasteiger partial charge in [0.1, 0.15) is 0 Å². The molecule has 14 heavy (non-hydrogen) atoms. The zero-order valence-electron chi connectivity index (χ0n) is 8.70. The molecule has 0 heterocycles. The SMILES string of the molecule is CN(C)C[C@H]1C[C@@H]1c1ccc(Br)cc1. The van der Waals surface area contributed by atoms with Gasteiger partial charge < -0.3 is 4.90 Å². The molecule has 0 unspecified atom stereocenters. The van der Waals surface area contributed by atoms with Crippen molar-refractivity contribution in [2.75, 3.05) is 20.6 Å². The number of halogens is 1. The summed E-state index contributed by atoms with van der Waals surface area (Å²) in [5.74, 6) is 1.69. The van der Waals surface area contributed by atoms with Crippen molar-refractivity contribution in [3.8, 4) is 0 Å². The van der Waals surface area contributed by atoms with Crippen LogP contribution in [-0.4, -0.2) is 25.5 Å². The molecular weight excluding hydrogens is 238 g/mol. The van der Waals surface area contributed by atoms with Crippen molar-refractivity contribution in [2.45, 2.75) is 12.3 Å². The highest BCUT2D eigenvalue weighted by molar-refractivity contribution is 9.10. The number of hydrogen-bond donors (Lipinski definition) is 0. The van der Waals surface area contributed by atoms with Crippen molar-refractivity contribution in [3.63, 3.8) is 0 Å². The minimum Gasteiger partial charge on any atom is -0.309 e. The molecule has 2 atom stereocenters. The minimum absolute atomic E-state index is 0.811. The van der Waals surface area contributed by atoms with Crippen molar-refractivity contribution in [1.82, 2.24) is 4.90 Å². The lowest BCUT2D eigenvalue weighted by atomic mass is 10.1. The maximum atomic E-state index is 3.46. The zero-order chi connectivity index (χ0) is 10.1. The van der Waals surface area contributed by atoms with Gasteiger partial charge in [0.2, 0.25) is 0 Å². The van der Waals surface area contributed by atoms with E-state index >= 15 is 0 Å². The number of rotatable bonds is 3. The lowest BCUT2D eigenvalue weighted by Gasteiger charge is -2.08. The quantitative estimate of drug-likeness (QED) is 0.801. The summed E-state index contributed by atoms with van der Waals surface area (Å²) >= 11 is 3.46. The van der Waals surface area contributed by atoms with Gasteiger partial charge in [-0.1, -0.05) is 28.1 Å². The number of hydrogen-bond acceptors (Lipinski definition) is 1. The highest BCUT2D eigenvalue weighted by atomic mass is 79.9. The third kappa shape index (κ3) is 2.37. The van der Waals surface area contributed by atoms with E-state index in [-0.39, 0.29) is 0 Å². The number of nitrogens with zero attached hydrogens (tertiary/aromatic N) is 1. The van der Waals surface area contributed by atoms with E-state index in [4.69, 9.17) is 0 Å². The highest BCUT2D eigenvalue weighted by Crippen LogP contribution is 2.47. The molecule has 0 spiro atoms. The van der Waals surface area contributed by atoms with Gasteiger partial charge in [0, 0.05) is 11.0 Å². The molecule has 1 aromatic carbocycles. The lowest BCUT2D eigenvalue weighted by molar-refractivity contribution is 0.385. The molecule has 76 valence electrons. The van der Waals surface area contributed by atoms with E-state index in [0.717, 1.165) is 11.8 Å². The molecular formula is C12H16BrN. The summed E-state index contributed by atoms with van der Waals surface area (Å²) in [6.07, 6.45) is 1.36. The Bertz CT molecular complexity index is 305. The molecule has 0 radical (unpaired) electrons. The van der Waals surface area contributed by atoms with Crippen molar-refractivity contribution >= 4 is 15.9 Å². The molecule has 1 saturated carbocycles. The minimum atomic E-state index is 0.811. The van der Waals surface area contributed by atoms with Crippen LogP contribution in [0.1, 0.15) is 17.9 Å². The largest absolute Gasteiger partial charge is 0.309 e. The van der Waals surface area contributed by atoms with Crippen molar-refractivity contribution in [2.24, 2.45) is 5.92 Å². The van der Waals surface area contributed by atoms with E-state index in [1.165, 1.54) is 23.0 Å². The van der Waals surface area contributed by atoms with Crippen LogP contribution in [0.4, 0.5) is 0 Å². The Morgan fingerprint density at radius 1 is 1.29 bits per heavy atom. The molecule has 2 rings (SSSR count). The maximum Gasteiger partial charge on any atom is 0.0175 e. The van der Waals surface area contributed by atoms with Gasteiger partial charge >= 0.3 is 0 Å². The molecule has 0 aliphatic heterocycles. The first-order valence-electron chi connectivity index (χ1n) is 5.07. The molecule has 1 aliphatic rings. The Balaban J connectivity index is 1.96. The predicted molar refractivity (Wildman–Crippen MR) is 63.5 cm³/mol. The first-order valence-corrected chi connectivity index (χ1v) is 5.86. The summed E-state index contributed by atoms with van der Waals surface area (Å²) in [6.45, 7) is 1.22. The van der Waals surface area contributed by atoms with Crippen LogP contribution in [0, 0.1) is 5.92 Å². The second-order valence-corrected chi connectivity index (χ2v) is 5.33. The van der Waals surface area contributed by atoms with Gasteiger partial charge in [0.25, 0.3) is 0 Å². The Morgan fingerprint density at radius 2 is 1.93 bits per heavy atom. The van der Waals surface area contributed by atoms with E-state index in [1.54, 1.807) is 0 Å². The van der Waals surface area contributed by atoms with E-state index in [2.05, 4.69) is 59.2 Å². The van der Waals surface area contributed by atoms with Crippen molar-refractivity contribution < 1.29 is 0 Å². The van der Waals surface area contributed by atoms with Crippen LogP contribution < -0.4 is 0 Å². The van der Waals surface area contributed by atoms with E-state index in [1.807, 2.05) is 0 Å². The molecule has 0 aromatic heterocycles. The van der Waals surface area contributed by atoms with Crippen molar-refractivity contribution in [3.05, 3.63) is 34.3 Å². The fraction of sp³-hybridized carbons (Fsp3) is 0.500. The normalized spacial score (nSPS) is 25.4. The van der Waals surface area contributed by atoms with Crippen LogP contribution in [0.25, 0.3) is 0 Å². The van der Waals surface area contributed by atoms with Crippen LogP contribution in [0.3, 0.4) is 0 Å². The van der Waals surface area contributed by atoms with E-state index in [9.17, 15) is 0 Å². The Labute approximate surface area is 94.2 Å². The van der Waals surface area contributed by atoms with Crippen LogP contribution in [-0.2, 0) is 0 Å². The highest BCUT2D eigenvalue weighted by Gasteiger charge is 2.37. The van der Waals surface area contributed by atoms with Gasteiger partial charge in [-0.05, 0) is 50.0 Å². The topological polar surface area (TPSA) is 3.24 Å². The predicted octanol–water partition coefficient (Wildman–Crippen LogP) is 3.11. The summed E-state index contributed by atoms with van der Waals surface area (Å²) in [4.78, 5) is 2.28. The van der Waals surface area contributed by atoms with Gasteiger partial charge in [-0.25, -0.2) is 0 Å². The van der Waals surface area contributed by atoms with Crippen LogP contribution in [0.5, 0.6) is 0 Å². The summed E-state index contributed by atoms with van der Waals surface area (Å²) in [7, 11) is 4.30. The summed E-state index contributed by atoms with van der Waals surface area (Å²) < 4.78 is 1.17. The second-order valence-electron chi connectivity index (χ2n) is 4.42. The van der Waals surface area contributed by atoms with Crippen molar-refractivity contribution in [1.29, 1.82) is 0 Å². The maximum absolute atomic E-state index is 3.46. The number of benzene rings is 1. The van der Waals surface area contributed by atoms with Gasteiger partial charge in [-0.3, -0.25) is 0 Å². The first-order chi connectivity index (χ1) is 6.66. The monoisotopic (exact) mass is 253 g/mol. The van der Waals surface area contributed by atoms with E-state index in [0.29, 0.717) is 0 Å². The smallest absolute Gasteiger partial charge is 0.0175 e. The van der Waals surface area contributed by atoms with Crippen LogP contribution >= 0.6 is 15.9 Å². The molecule has 2 heteroatoms. The molecule has 0 N–H and O–H groups in total. The van der Waals surface area contributed by atoms with Crippen LogP contribution in [0.15, 0.2) is 28.7 Å². The molecule has 1 nitrogen and oxygen atoms in total. The van der Waals surface area contributed by atoms with Gasteiger partial charge in [-0.15, -0.1) is 0 Å². The average molecular weight is 254 g/mol. The molecule has 1 fully saturated rings. The molecule has 0 amide bonds. The Hall–Kier alpha value is -0.340. The summed E-state index contributed by atoms with van der Waals surface area (Å²) in [6, 6.07) is 8.76. The molecule has 1 aromatic rings. The second kappa shape index (κ2) is 4.03. The Morgan fingerprint density at radius 3 is 2.50 bits per heavy atom. The average Bonchev–Trinajstić information content (AvgIpc) is 2.84. The van der Waals surface area contributed by atoms with E-state index < -0.39 is 0 Å². The fourth-order valence-electron chi connectivity index (χ4n) is 2.04. The van der Waals surface area contributed by atoms with Gasteiger partial charge in [0.15, 0.2) is 0 Å². The lowest BCUT2D eigenvalue weighted by Crippen LogP contribution is -2.15. The summed E-state index contributed by atoms with van der Waals surface area (Å²) in [5, 5.41) is 0. The fourth-order valence-corrected chi connectivity index (χ4v) is 2.30. The van der Waals surface area contributed by atoms with Gasteiger partial charge in [-0.2, -0.15) is 0 Å². The standard InChI is InChI=1S/C12H16BrN/c1-14(2)8-10-7-12(10)9-3-5-11(13)6-4-9/h3-6,10,12H,7-8H2,1-2H3/t10-,12-/m1/s1. The molecule has 0 bridgehead atoms. The Kier molecular flexibility index (Phi) is 2.93. The van der Waals surface area contributed by atoms with Crippen LogP contribution in [0.2, 0.25) is 0 Å². The third-order valence-electron chi connectivity index (χ3n) is 2.82. The van der Waals surface area contributed by atoms with Gasteiger partial charge in [0.05, 0.1) is 0 Å². The zero-order valence-corrected chi connectivity index (χ0v) is 10.3. The summed E-state index contributed by atoms with van der Waals surface area (Å²) in [5.41, 5.74) is 1.50. The first kappa shape index (κ1) is 10.2. The molecule has 0 saturated heterocycles.